The van der Waals surface area contributed by atoms with E-state index in [1.807, 2.05) is 4.90 Å². The number of nitrogens with zero attached hydrogens (tertiary/aromatic N) is 1. The zero-order chi connectivity index (χ0) is 9.42. The van der Waals surface area contributed by atoms with Crippen molar-refractivity contribution < 1.29 is 15.0 Å². The summed E-state index contributed by atoms with van der Waals surface area (Å²) < 4.78 is 0. The summed E-state index contributed by atoms with van der Waals surface area (Å²) in [6.45, 7) is 1.63. The molecule has 0 aromatic rings. The number of hydrogen-bond donors (Lipinski definition) is 2. The molecular weight excluding hydrogens is 170 g/mol. The van der Waals surface area contributed by atoms with Gasteiger partial charge in [0, 0.05) is 13.1 Å². The quantitative estimate of drug-likeness (QED) is 0.624. The number of aliphatic carboxylic acids is 1. The maximum Gasteiger partial charge on any atom is 0.317 e. The van der Waals surface area contributed by atoms with E-state index in [0.29, 0.717) is 11.8 Å². The standard InChI is InChI=1S/C9H15NO3/c11-8(12)5-10-3-6-1-2-7(4-10)9(6)13/h6-7,9,13H,1-5H2,(H,11,12). The van der Waals surface area contributed by atoms with Crippen molar-refractivity contribution in [2.24, 2.45) is 11.8 Å². The highest BCUT2D eigenvalue weighted by Gasteiger charge is 2.40. The van der Waals surface area contributed by atoms with Gasteiger partial charge in [-0.05, 0) is 24.7 Å². The van der Waals surface area contributed by atoms with Gasteiger partial charge in [0.15, 0.2) is 0 Å². The molecule has 2 N–H and O–H groups in total. The van der Waals surface area contributed by atoms with Gasteiger partial charge in [0.2, 0.25) is 0 Å². The summed E-state index contributed by atoms with van der Waals surface area (Å²) in [5.74, 6) is -0.132. The average molecular weight is 185 g/mol. The van der Waals surface area contributed by atoms with E-state index < -0.39 is 5.97 Å². The van der Waals surface area contributed by atoms with E-state index in [0.717, 1.165) is 25.9 Å². The number of aliphatic hydroxyl groups is 1. The van der Waals surface area contributed by atoms with Crippen molar-refractivity contribution in [1.29, 1.82) is 0 Å². The number of fused-ring (bicyclic) bond motifs is 2. The third-order valence-corrected chi connectivity index (χ3v) is 3.22. The Kier molecular flexibility index (Phi) is 2.26. The lowest BCUT2D eigenvalue weighted by Crippen LogP contribution is -2.46. The van der Waals surface area contributed by atoms with Gasteiger partial charge in [0.05, 0.1) is 12.6 Å². The average Bonchev–Trinajstić information content (AvgIpc) is 2.33. The Balaban J connectivity index is 1.95. The molecule has 1 aliphatic heterocycles. The van der Waals surface area contributed by atoms with Gasteiger partial charge in [-0.15, -0.1) is 0 Å². The van der Waals surface area contributed by atoms with Crippen molar-refractivity contribution in [3.05, 3.63) is 0 Å². The number of carboxylic acid groups (broad SMARTS) is 1. The van der Waals surface area contributed by atoms with Crippen LogP contribution >= 0.6 is 0 Å². The van der Waals surface area contributed by atoms with Crippen LogP contribution in [0.25, 0.3) is 0 Å². The second-order valence-corrected chi connectivity index (χ2v) is 4.18. The molecule has 2 aliphatic rings. The van der Waals surface area contributed by atoms with E-state index in [2.05, 4.69) is 0 Å². The molecule has 2 atom stereocenters. The predicted octanol–water partition coefficient (Wildman–Crippen LogP) is -0.226. The summed E-state index contributed by atoms with van der Waals surface area (Å²) in [7, 11) is 0. The maximum atomic E-state index is 10.5. The molecule has 13 heavy (non-hydrogen) atoms. The molecule has 2 unspecified atom stereocenters. The Morgan fingerprint density at radius 1 is 1.31 bits per heavy atom. The van der Waals surface area contributed by atoms with Gasteiger partial charge < -0.3 is 10.2 Å². The fourth-order valence-electron chi connectivity index (χ4n) is 2.61. The molecule has 0 spiro atoms. The summed E-state index contributed by atoms with van der Waals surface area (Å²) in [4.78, 5) is 12.4. The predicted molar refractivity (Wildman–Crippen MR) is 46.3 cm³/mol. The summed E-state index contributed by atoms with van der Waals surface area (Å²) >= 11 is 0. The van der Waals surface area contributed by atoms with Crippen LogP contribution in [0.2, 0.25) is 0 Å². The molecule has 0 amide bonds. The van der Waals surface area contributed by atoms with Gasteiger partial charge in [0.25, 0.3) is 0 Å². The van der Waals surface area contributed by atoms with Crippen LogP contribution in [0, 0.1) is 11.8 Å². The van der Waals surface area contributed by atoms with Crippen LogP contribution in [0.3, 0.4) is 0 Å². The first-order valence-corrected chi connectivity index (χ1v) is 4.79. The van der Waals surface area contributed by atoms with Crippen LogP contribution in [0.4, 0.5) is 0 Å². The molecular formula is C9H15NO3. The second kappa shape index (κ2) is 3.27. The van der Waals surface area contributed by atoms with Crippen LogP contribution in [-0.4, -0.2) is 46.8 Å². The lowest BCUT2D eigenvalue weighted by molar-refractivity contribution is -0.139. The minimum Gasteiger partial charge on any atom is -0.480 e. The molecule has 0 aromatic carbocycles. The van der Waals surface area contributed by atoms with E-state index in [1.54, 1.807) is 0 Å². The highest BCUT2D eigenvalue weighted by molar-refractivity contribution is 5.69. The summed E-state index contributed by atoms with van der Waals surface area (Å²) in [5, 5.41) is 18.3. The molecule has 1 saturated heterocycles. The van der Waals surface area contributed by atoms with Gasteiger partial charge in [-0.25, -0.2) is 0 Å². The second-order valence-electron chi connectivity index (χ2n) is 4.18. The first-order valence-electron chi connectivity index (χ1n) is 4.79. The van der Waals surface area contributed by atoms with Gasteiger partial charge in [-0.3, -0.25) is 9.69 Å². The number of hydrogen-bond acceptors (Lipinski definition) is 3. The third-order valence-electron chi connectivity index (χ3n) is 3.22. The first kappa shape index (κ1) is 8.97. The third kappa shape index (κ3) is 1.69. The Morgan fingerprint density at radius 3 is 2.31 bits per heavy atom. The number of rotatable bonds is 2. The minimum absolute atomic E-state index is 0.125. The zero-order valence-corrected chi connectivity index (χ0v) is 7.52. The molecule has 4 nitrogen and oxygen atoms in total. The molecule has 2 bridgehead atoms. The van der Waals surface area contributed by atoms with Gasteiger partial charge in [0.1, 0.15) is 0 Å². The molecule has 2 rings (SSSR count). The number of carbonyl (C=O) groups is 1. The summed E-state index contributed by atoms with van der Waals surface area (Å²) in [6.07, 6.45) is 1.94. The van der Waals surface area contributed by atoms with Crippen LogP contribution in [-0.2, 0) is 4.79 Å². The van der Waals surface area contributed by atoms with E-state index in [9.17, 15) is 9.90 Å². The molecule has 74 valence electrons. The Hall–Kier alpha value is -0.610. The van der Waals surface area contributed by atoms with Gasteiger partial charge in [-0.2, -0.15) is 0 Å². The highest BCUT2D eigenvalue weighted by atomic mass is 16.4. The maximum absolute atomic E-state index is 10.5. The van der Waals surface area contributed by atoms with Crippen molar-refractivity contribution in [2.45, 2.75) is 18.9 Å². The van der Waals surface area contributed by atoms with Crippen molar-refractivity contribution in [1.82, 2.24) is 4.90 Å². The monoisotopic (exact) mass is 185 g/mol. The molecule has 0 radical (unpaired) electrons. The topological polar surface area (TPSA) is 60.8 Å². The Labute approximate surface area is 77.2 Å². The van der Waals surface area contributed by atoms with Gasteiger partial charge in [-0.1, -0.05) is 0 Å². The lowest BCUT2D eigenvalue weighted by atomic mass is 9.95. The smallest absolute Gasteiger partial charge is 0.317 e. The highest BCUT2D eigenvalue weighted by Crippen LogP contribution is 2.36. The Morgan fingerprint density at radius 2 is 1.85 bits per heavy atom. The first-order chi connectivity index (χ1) is 6.16. The molecule has 1 heterocycles. The van der Waals surface area contributed by atoms with Crippen molar-refractivity contribution >= 4 is 5.97 Å². The van der Waals surface area contributed by atoms with E-state index in [-0.39, 0.29) is 12.6 Å². The van der Waals surface area contributed by atoms with Crippen LogP contribution in [0.5, 0.6) is 0 Å². The molecule has 1 aliphatic carbocycles. The fraction of sp³-hybridized carbons (Fsp3) is 0.889. The van der Waals surface area contributed by atoms with Crippen LogP contribution in [0.1, 0.15) is 12.8 Å². The van der Waals surface area contributed by atoms with Crippen molar-refractivity contribution in [3.8, 4) is 0 Å². The largest absolute Gasteiger partial charge is 0.480 e. The molecule has 2 fully saturated rings. The summed E-state index contributed by atoms with van der Waals surface area (Å²) in [5.41, 5.74) is 0. The van der Waals surface area contributed by atoms with E-state index in [4.69, 9.17) is 5.11 Å². The number of piperidine rings is 1. The summed E-state index contributed by atoms with van der Waals surface area (Å²) in [6, 6.07) is 0. The van der Waals surface area contributed by atoms with Crippen molar-refractivity contribution in [2.75, 3.05) is 19.6 Å². The minimum atomic E-state index is -0.768. The lowest BCUT2D eigenvalue weighted by Gasteiger charge is -2.34. The number of aliphatic hydroxyl groups excluding tert-OH is 1. The van der Waals surface area contributed by atoms with Crippen LogP contribution in [0.15, 0.2) is 0 Å². The van der Waals surface area contributed by atoms with Crippen LogP contribution < -0.4 is 0 Å². The van der Waals surface area contributed by atoms with E-state index >= 15 is 0 Å². The van der Waals surface area contributed by atoms with Crippen molar-refractivity contribution in [3.63, 3.8) is 0 Å². The molecule has 0 aromatic heterocycles. The molecule has 1 saturated carbocycles. The molecule has 4 heteroatoms. The SMILES string of the molecule is O=C(O)CN1CC2CCC(C1)C2O. The number of carboxylic acids is 1. The van der Waals surface area contributed by atoms with Gasteiger partial charge >= 0.3 is 5.97 Å². The number of likely N-dealkylation sites (tertiary alicyclic amines) is 1. The van der Waals surface area contributed by atoms with E-state index in [1.165, 1.54) is 0 Å². The fourth-order valence-corrected chi connectivity index (χ4v) is 2.61. The zero-order valence-electron chi connectivity index (χ0n) is 7.52. The normalized spacial score (nSPS) is 39.3. The Bertz CT molecular complexity index is 205.